The molecule has 0 bridgehead atoms. The van der Waals surface area contributed by atoms with Gasteiger partial charge in [-0.2, -0.15) is 0 Å². The van der Waals surface area contributed by atoms with Crippen molar-refractivity contribution in [1.82, 2.24) is 0 Å². The van der Waals surface area contributed by atoms with E-state index in [2.05, 4.69) is 186 Å². The number of rotatable bonds is 8. The third-order valence-electron chi connectivity index (χ3n) is 7.46. The van der Waals surface area contributed by atoms with Crippen LogP contribution in [0.4, 0.5) is 5.69 Å². The van der Waals surface area contributed by atoms with Crippen LogP contribution >= 0.6 is 0 Å². The van der Waals surface area contributed by atoms with Gasteiger partial charge >= 0.3 is 0 Å². The highest BCUT2D eigenvalue weighted by Crippen LogP contribution is 2.24. The lowest BCUT2D eigenvalue weighted by Crippen LogP contribution is -2.83. The van der Waals surface area contributed by atoms with Gasteiger partial charge in [-0.25, -0.2) is 0 Å². The van der Waals surface area contributed by atoms with Crippen LogP contribution in [0.2, 0.25) is 0 Å². The van der Waals surface area contributed by atoms with Crippen LogP contribution in [0.1, 0.15) is 0 Å². The maximum atomic E-state index is 2.90. The summed E-state index contributed by atoms with van der Waals surface area (Å²) in [5.74, 6) is 0. The second-order valence-electron chi connectivity index (χ2n) is 9.74. The van der Waals surface area contributed by atoms with Gasteiger partial charge in [-0.3, -0.25) is 0 Å². The zero-order valence-electron chi connectivity index (χ0n) is 21.8. The first-order valence-corrected chi connectivity index (χ1v) is 17.1. The fraction of sp³-hybridized carbons (Fsp3) is 0. The molecule has 0 fully saturated rings. The Morgan fingerprint density at radius 1 is 0.333 bits per heavy atom. The number of benzene rings is 6. The molecule has 0 saturated carbocycles. The summed E-state index contributed by atoms with van der Waals surface area (Å²) >= 11 is 0. The summed E-state index contributed by atoms with van der Waals surface area (Å²) in [5.41, 5.74) is 1.27. The van der Waals surface area contributed by atoms with E-state index < -0.39 is 17.2 Å². The van der Waals surface area contributed by atoms with Crippen LogP contribution in [-0.4, -0.2) is 17.2 Å². The molecule has 0 saturated heterocycles. The number of anilines is 1. The molecule has 0 unspecified atom stereocenters. The van der Waals surface area contributed by atoms with Crippen molar-refractivity contribution < 1.29 is 0 Å². The average molecular weight is 534 g/mol. The van der Waals surface area contributed by atoms with Gasteiger partial charge in [0.2, 0.25) is 8.24 Å². The summed E-state index contributed by atoms with van der Waals surface area (Å²) in [6, 6.07) is 67.2. The van der Waals surface area contributed by atoms with Crippen LogP contribution in [-0.2, 0) is 0 Å². The van der Waals surface area contributed by atoms with Crippen LogP contribution in [0.3, 0.4) is 0 Å². The summed E-state index contributed by atoms with van der Waals surface area (Å²) in [6.07, 6.45) is 0. The Morgan fingerprint density at radius 2 is 0.615 bits per heavy atom. The molecule has 6 aromatic carbocycles. The fourth-order valence-corrected chi connectivity index (χ4v) is 16.6. The molecule has 0 spiro atoms. The summed E-state index contributed by atoms with van der Waals surface area (Å²) in [5, 5.41) is 6.97. The van der Waals surface area contributed by atoms with Gasteiger partial charge in [-0.15, -0.1) is 0 Å². The van der Waals surface area contributed by atoms with Gasteiger partial charge in [0.05, 0.1) is 0 Å². The molecule has 0 aliphatic heterocycles. The first-order chi connectivity index (χ1) is 19.4. The maximum absolute atomic E-state index is 2.90. The number of hydrogen-bond acceptors (Lipinski definition) is 1. The minimum absolute atomic E-state index is 1.27. The Morgan fingerprint density at radius 3 is 0.949 bits per heavy atom. The Labute approximate surface area is 234 Å². The second-order valence-corrected chi connectivity index (χ2v) is 16.5. The van der Waals surface area contributed by atoms with E-state index in [1.54, 1.807) is 0 Å². The van der Waals surface area contributed by atoms with Crippen molar-refractivity contribution in [2.75, 3.05) is 4.23 Å². The SMILES string of the molecule is c1ccc(N([SiH](c2ccccc2)c2ccccc2)[Si](c2ccccc2)(c2ccccc2)c2ccccc2)cc1. The van der Waals surface area contributed by atoms with Crippen LogP contribution in [0.15, 0.2) is 182 Å². The monoisotopic (exact) mass is 533 g/mol. The van der Waals surface area contributed by atoms with Crippen molar-refractivity contribution >= 4 is 48.8 Å². The van der Waals surface area contributed by atoms with E-state index >= 15 is 0 Å². The first-order valence-electron chi connectivity index (χ1n) is 13.5. The van der Waals surface area contributed by atoms with Crippen molar-refractivity contribution in [3.63, 3.8) is 0 Å². The van der Waals surface area contributed by atoms with Crippen molar-refractivity contribution in [1.29, 1.82) is 0 Å². The predicted molar refractivity (Wildman–Crippen MR) is 172 cm³/mol. The molecule has 3 heteroatoms. The van der Waals surface area contributed by atoms with Gasteiger partial charge < -0.3 is 4.23 Å². The summed E-state index contributed by atoms with van der Waals surface area (Å²) in [7, 11) is -4.86. The topological polar surface area (TPSA) is 3.24 Å². The maximum Gasteiger partial charge on any atom is 0.245 e. The molecule has 188 valence electrons. The molecular formula is C36H31NSi2. The lowest BCUT2D eigenvalue weighted by molar-refractivity contribution is 1.46. The second kappa shape index (κ2) is 11.5. The third kappa shape index (κ3) is 4.79. The molecule has 0 aliphatic carbocycles. The molecule has 39 heavy (non-hydrogen) atoms. The first kappa shape index (κ1) is 24.9. The predicted octanol–water partition coefficient (Wildman–Crippen LogP) is 4.70. The molecular weight excluding hydrogens is 503 g/mol. The van der Waals surface area contributed by atoms with Gasteiger partial charge in [0.25, 0.3) is 0 Å². The number of nitrogens with zero attached hydrogens (tertiary/aromatic N) is 1. The molecule has 0 heterocycles. The molecule has 0 aliphatic rings. The van der Waals surface area contributed by atoms with Crippen LogP contribution in [0.25, 0.3) is 0 Å². The number of hydrogen-bond donors (Lipinski definition) is 0. The van der Waals surface area contributed by atoms with Crippen LogP contribution in [0.5, 0.6) is 0 Å². The highest BCUT2D eigenvalue weighted by molar-refractivity contribution is 7.21. The Kier molecular flexibility index (Phi) is 7.35. The van der Waals surface area contributed by atoms with Crippen LogP contribution in [0, 0.1) is 0 Å². The molecule has 1 nitrogen and oxygen atoms in total. The van der Waals surface area contributed by atoms with E-state index in [1.807, 2.05) is 0 Å². The Hall–Kier alpha value is -4.45. The molecule has 6 aromatic rings. The Balaban J connectivity index is 1.79. The Bertz CT molecular complexity index is 1440. The molecule has 0 amide bonds. The zero-order chi connectivity index (χ0) is 26.3. The number of para-hydroxylation sites is 1. The average Bonchev–Trinajstić information content (AvgIpc) is 3.04. The van der Waals surface area contributed by atoms with E-state index in [0.29, 0.717) is 0 Å². The quantitative estimate of drug-likeness (QED) is 0.203. The van der Waals surface area contributed by atoms with E-state index in [-0.39, 0.29) is 0 Å². The largest absolute Gasteiger partial charge is 0.409 e. The van der Waals surface area contributed by atoms with Gasteiger partial charge in [0.1, 0.15) is 0 Å². The van der Waals surface area contributed by atoms with Crippen molar-refractivity contribution in [2.24, 2.45) is 0 Å². The van der Waals surface area contributed by atoms with Gasteiger partial charge in [0, 0.05) is 5.69 Å². The zero-order valence-corrected chi connectivity index (χ0v) is 24.0. The van der Waals surface area contributed by atoms with E-state index in [1.165, 1.54) is 31.6 Å². The highest BCUT2D eigenvalue weighted by Gasteiger charge is 2.49. The minimum atomic E-state index is -2.83. The van der Waals surface area contributed by atoms with Crippen molar-refractivity contribution in [3.8, 4) is 0 Å². The fourth-order valence-electron chi connectivity index (χ4n) is 5.84. The molecule has 0 N–H and O–H groups in total. The van der Waals surface area contributed by atoms with E-state index in [4.69, 9.17) is 0 Å². The van der Waals surface area contributed by atoms with Gasteiger partial charge in [0.15, 0.2) is 8.96 Å². The van der Waals surface area contributed by atoms with Gasteiger partial charge in [-0.1, -0.05) is 170 Å². The lowest BCUT2D eigenvalue weighted by Gasteiger charge is -2.49. The van der Waals surface area contributed by atoms with E-state index in [0.717, 1.165) is 0 Å². The third-order valence-corrected chi connectivity index (χ3v) is 16.7. The lowest BCUT2D eigenvalue weighted by atomic mass is 10.3. The standard InChI is InChI=1S/C36H31NSi2/c1-7-19-31(20-8-1)37(38(32-21-9-2-10-22-32)33-23-11-3-12-24-33)39(34-25-13-4-14-26-34,35-27-15-5-16-28-35)36-29-17-6-18-30-36/h1-30,38H. The molecule has 0 radical (unpaired) electrons. The summed E-state index contributed by atoms with van der Waals surface area (Å²) < 4.78 is 2.90. The molecule has 6 rings (SSSR count). The molecule has 0 aromatic heterocycles. The van der Waals surface area contributed by atoms with Crippen molar-refractivity contribution in [2.45, 2.75) is 0 Å². The van der Waals surface area contributed by atoms with Crippen molar-refractivity contribution in [3.05, 3.63) is 182 Å². The highest BCUT2D eigenvalue weighted by atomic mass is 28.4. The van der Waals surface area contributed by atoms with Crippen LogP contribution < -0.4 is 30.2 Å². The summed E-state index contributed by atoms with van der Waals surface area (Å²) in [4.78, 5) is 0. The molecule has 0 atom stereocenters. The normalized spacial score (nSPS) is 11.3. The minimum Gasteiger partial charge on any atom is -0.409 e. The van der Waals surface area contributed by atoms with E-state index in [9.17, 15) is 0 Å². The van der Waals surface area contributed by atoms with Gasteiger partial charge in [-0.05, 0) is 38.1 Å². The smallest absolute Gasteiger partial charge is 0.245 e. The summed E-state index contributed by atoms with van der Waals surface area (Å²) in [6.45, 7) is 0.